The molecule has 5 nitrogen and oxygen atoms in total. The van der Waals surface area contributed by atoms with Gasteiger partial charge in [-0.2, -0.15) is 0 Å². The van der Waals surface area contributed by atoms with Gasteiger partial charge in [0.2, 0.25) is 0 Å². The maximum absolute atomic E-state index is 13.0. The van der Waals surface area contributed by atoms with Crippen LogP contribution >= 0.6 is 8.58 Å². The first-order chi connectivity index (χ1) is 12.5. The van der Waals surface area contributed by atoms with Crippen LogP contribution in [-0.2, 0) is 0 Å². The zero-order chi connectivity index (χ0) is 19.1. The molecule has 142 valence electrons. The monoisotopic (exact) mass is 384 g/mol. The van der Waals surface area contributed by atoms with Crippen molar-refractivity contribution in [2.75, 3.05) is 27.9 Å². The average Bonchev–Trinajstić information content (AvgIpc) is 2.66. The summed E-state index contributed by atoms with van der Waals surface area (Å²) < 4.78 is 21.6. The summed E-state index contributed by atoms with van der Waals surface area (Å²) in [6, 6.07) is 9.19. The van der Waals surface area contributed by atoms with Crippen LogP contribution in [0.25, 0.3) is 0 Å². The Morgan fingerprint density at radius 2 is 1.59 bits per heavy atom. The first-order valence-electron chi connectivity index (χ1n) is 8.38. The third-order valence-electron chi connectivity index (χ3n) is 3.86. The van der Waals surface area contributed by atoms with Gasteiger partial charge in [-0.05, 0) is 44.9 Å². The van der Waals surface area contributed by atoms with Gasteiger partial charge < -0.3 is 18.9 Å². The van der Waals surface area contributed by atoms with Gasteiger partial charge in [-0.25, -0.2) is 0 Å². The molecule has 0 aliphatic carbocycles. The Kier molecular flexibility index (Phi) is 9.73. The Morgan fingerprint density at radius 3 is 2.07 bits per heavy atom. The van der Waals surface area contributed by atoms with Crippen LogP contribution in [0.1, 0.15) is 29.3 Å². The SMILES string of the molecule is CCCOc1ccc(PC(=O)c2c(OC)cc(OC)cc2OC)c(C)c1.[LiH]. The second kappa shape index (κ2) is 11.2. The van der Waals surface area contributed by atoms with E-state index < -0.39 is 0 Å². The van der Waals surface area contributed by atoms with Gasteiger partial charge in [0.15, 0.2) is 5.52 Å². The van der Waals surface area contributed by atoms with Crippen LogP contribution in [0, 0.1) is 6.92 Å². The van der Waals surface area contributed by atoms with Crippen LogP contribution in [0.4, 0.5) is 0 Å². The molecule has 0 amide bonds. The second-order valence-corrected chi connectivity index (χ2v) is 6.93. The minimum atomic E-state index is -0.0494. The number of aryl methyl sites for hydroxylation is 1. The van der Waals surface area contributed by atoms with Gasteiger partial charge in [0.1, 0.15) is 28.6 Å². The number of methoxy groups -OCH3 is 3. The summed E-state index contributed by atoms with van der Waals surface area (Å²) in [6.07, 6.45) is 0.956. The molecule has 0 aliphatic heterocycles. The van der Waals surface area contributed by atoms with E-state index in [4.69, 9.17) is 18.9 Å². The van der Waals surface area contributed by atoms with Gasteiger partial charge >= 0.3 is 18.9 Å². The molecule has 1 atom stereocenters. The molecular weight excluding hydrogens is 358 g/mol. The number of hydrogen-bond acceptors (Lipinski definition) is 5. The van der Waals surface area contributed by atoms with Crippen molar-refractivity contribution in [2.24, 2.45) is 0 Å². The predicted molar refractivity (Wildman–Crippen MR) is 112 cm³/mol. The molecule has 0 aromatic heterocycles. The van der Waals surface area contributed by atoms with Crippen molar-refractivity contribution in [3.63, 3.8) is 0 Å². The van der Waals surface area contributed by atoms with E-state index in [-0.39, 0.29) is 33.0 Å². The van der Waals surface area contributed by atoms with Gasteiger partial charge in [0, 0.05) is 12.1 Å². The fourth-order valence-electron chi connectivity index (χ4n) is 2.50. The van der Waals surface area contributed by atoms with Crippen molar-refractivity contribution >= 4 is 38.3 Å². The summed E-state index contributed by atoms with van der Waals surface area (Å²) in [5, 5.41) is 0.971. The molecule has 2 aromatic carbocycles. The van der Waals surface area contributed by atoms with Crippen molar-refractivity contribution in [3.05, 3.63) is 41.5 Å². The summed E-state index contributed by atoms with van der Waals surface area (Å²) in [7, 11) is 4.57. The number of carbonyl (C=O) groups excluding carboxylic acids is 1. The third-order valence-corrected chi connectivity index (χ3v) is 5.17. The van der Waals surface area contributed by atoms with Crippen molar-refractivity contribution in [1.82, 2.24) is 0 Å². The molecule has 0 N–H and O–H groups in total. The molecule has 0 bridgehead atoms. The van der Waals surface area contributed by atoms with Crippen molar-refractivity contribution in [1.29, 1.82) is 0 Å². The molecule has 2 aromatic rings. The molecule has 2 rings (SSSR count). The standard InChI is InChI=1S/C20H25O5P.Li.H/c1-6-9-25-14-7-8-18(13(2)10-14)26-20(21)19-16(23-4)11-15(22-3)12-17(19)24-5;;/h7-8,10-12,26H,6,9H2,1-5H3;;. The van der Waals surface area contributed by atoms with Gasteiger partial charge in [0.25, 0.3) is 0 Å². The predicted octanol–water partition coefficient (Wildman–Crippen LogP) is 3.31. The molecule has 7 heteroatoms. The summed E-state index contributed by atoms with van der Waals surface area (Å²) in [4.78, 5) is 13.0. The second-order valence-electron chi connectivity index (χ2n) is 5.69. The Balaban J connectivity index is 0.00000364. The van der Waals surface area contributed by atoms with Crippen LogP contribution < -0.4 is 24.3 Å². The first-order valence-corrected chi connectivity index (χ1v) is 9.38. The third kappa shape index (κ3) is 5.91. The van der Waals surface area contributed by atoms with Crippen LogP contribution in [0.2, 0.25) is 0 Å². The van der Waals surface area contributed by atoms with E-state index in [2.05, 4.69) is 6.92 Å². The molecule has 0 radical (unpaired) electrons. The van der Waals surface area contributed by atoms with Crippen LogP contribution in [0.5, 0.6) is 23.0 Å². The number of rotatable bonds is 9. The van der Waals surface area contributed by atoms with E-state index in [9.17, 15) is 4.79 Å². The fraction of sp³-hybridized carbons (Fsp3) is 0.350. The molecule has 0 aliphatic rings. The summed E-state index contributed by atoms with van der Waals surface area (Å²) >= 11 is 0. The van der Waals surface area contributed by atoms with Crippen molar-refractivity contribution < 1.29 is 23.7 Å². The molecule has 0 saturated carbocycles. The summed E-state index contributed by atoms with van der Waals surface area (Å²) in [5.41, 5.74) is 1.41. The first kappa shape index (κ1) is 23.4. The molecule has 0 fully saturated rings. The number of carbonyl (C=O) groups is 1. The Labute approximate surface area is 174 Å². The van der Waals surface area contributed by atoms with E-state index in [1.807, 2.05) is 25.1 Å². The van der Waals surface area contributed by atoms with Crippen LogP contribution in [0.3, 0.4) is 0 Å². The van der Waals surface area contributed by atoms with E-state index in [0.717, 1.165) is 23.0 Å². The van der Waals surface area contributed by atoms with Gasteiger partial charge in [0.05, 0.1) is 27.9 Å². The number of ether oxygens (including phenoxy) is 4. The molecular formula is C20H26LiO5P. The van der Waals surface area contributed by atoms with Crippen molar-refractivity contribution in [2.45, 2.75) is 20.3 Å². The average molecular weight is 384 g/mol. The minimum absolute atomic E-state index is 0. The Hall–Kier alpha value is -1.66. The number of hydrogen-bond donors (Lipinski definition) is 0. The van der Waals surface area contributed by atoms with Gasteiger partial charge in [-0.15, -0.1) is 0 Å². The summed E-state index contributed by atoms with van der Waals surface area (Å²) in [6.45, 7) is 4.73. The van der Waals surface area contributed by atoms with Crippen LogP contribution in [-0.4, -0.2) is 52.3 Å². The van der Waals surface area contributed by atoms with Gasteiger partial charge in [-0.3, -0.25) is 4.79 Å². The molecule has 27 heavy (non-hydrogen) atoms. The Morgan fingerprint density at radius 1 is 0.963 bits per heavy atom. The normalized spacial score (nSPS) is 10.4. The van der Waals surface area contributed by atoms with E-state index >= 15 is 0 Å². The van der Waals surface area contributed by atoms with E-state index in [0.29, 0.717) is 29.4 Å². The summed E-state index contributed by atoms with van der Waals surface area (Å²) in [5.74, 6) is 2.29. The van der Waals surface area contributed by atoms with Crippen molar-refractivity contribution in [3.8, 4) is 23.0 Å². The zero-order valence-corrected chi connectivity index (χ0v) is 16.8. The van der Waals surface area contributed by atoms with Crippen LogP contribution in [0.15, 0.2) is 30.3 Å². The quantitative estimate of drug-likeness (QED) is 0.491. The topological polar surface area (TPSA) is 54.0 Å². The molecule has 0 saturated heterocycles. The van der Waals surface area contributed by atoms with E-state index in [1.54, 1.807) is 19.2 Å². The molecule has 0 heterocycles. The number of benzene rings is 2. The Bertz CT molecular complexity index is 754. The molecule has 1 unspecified atom stereocenters. The fourth-order valence-corrected chi connectivity index (χ4v) is 3.55. The van der Waals surface area contributed by atoms with Gasteiger partial charge in [-0.1, -0.05) is 13.0 Å². The zero-order valence-electron chi connectivity index (χ0n) is 15.8. The molecule has 0 spiro atoms. The van der Waals surface area contributed by atoms with E-state index in [1.165, 1.54) is 14.2 Å². The maximum atomic E-state index is 13.0.